The summed E-state index contributed by atoms with van der Waals surface area (Å²) in [6.45, 7) is 16.6. The third-order valence-electron chi connectivity index (χ3n) is 1.82. The third-order valence-corrected chi connectivity index (χ3v) is 8.79. The molecule has 0 spiro atoms. The van der Waals surface area contributed by atoms with Crippen LogP contribution in [0.15, 0.2) is 25.3 Å². The van der Waals surface area contributed by atoms with E-state index in [0.29, 0.717) is 0 Å². The van der Waals surface area contributed by atoms with Crippen molar-refractivity contribution in [2.45, 2.75) is 53.1 Å². The lowest BCUT2D eigenvalue weighted by atomic mass is 10.8. The maximum Gasteiger partial charge on any atom is 0.177 e. The molecule has 0 fully saturated rings. The van der Waals surface area contributed by atoms with Crippen LogP contribution in [0.4, 0.5) is 0 Å². The van der Waals surface area contributed by atoms with Crippen molar-refractivity contribution in [1.82, 2.24) is 0 Å². The van der Waals surface area contributed by atoms with Gasteiger partial charge >= 0.3 is 0 Å². The van der Waals surface area contributed by atoms with Gasteiger partial charge in [-0.2, -0.15) is 0 Å². The molecule has 0 bridgehead atoms. The second-order valence-corrected chi connectivity index (χ2v) is 13.3. The number of allylic oxidation sites excluding steroid dienone is 2. The van der Waals surface area contributed by atoms with Gasteiger partial charge in [-0.1, -0.05) is 27.0 Å². The summed E-state index contributed by atoms with van der Waals surface area (Å²) in [5.74, 6) is 0. The van der Waals surface area contributed by atoms with Gasteiger partial charge in [-0.05, 0) is 38.3 Å². The highest BCUT2D eigenvalue weighted by molar-refractivity contribution is 6.85. The summed E-state index contributed by atoms with van der Waals surface area (Å²) < 4.78 is 6.24. The van der Waals surface area contributed by atoms with Crippen molar-refractivity contribution in [3.8, 4) is 0 Å². The van der Waals surface area contributed by atoms with Gasteiger partial charge in [0.05, 0.1) is 0 Å². The molecule has 0 aromatic rings. The molecule has 0 aliphatic heterocycles. The van der Waals surface area contributed by atoms with Gasteiger partial charge in [0.15, 0.2) is 16.6 Å². The van der Waals surface area contributed by atoms with E-state index in [4.69, 9.17) is 4.12 Å². The molecular formula is C12H30OSi2. The zero-order valence-corrected chi connectivity index (χ0v) is 11.4. The summed E-state index contributed by atoms with van der Waals surface area (Å²) in [6, 6.07) is 2.08. The van der Waals surface area contributed by atoms with Crippen molar-refractivity contribution in [3.05, 3.63) is 25.3 Å². The Morgan fingerprint density at radius 3 is 1.33 bits per heavy atom. The molecule has 0 saturated carbocycles. The summed E-state index contributed by atoms with van der Waals surface area (Å²) in [6.07, 6.45) is 3.95. The second-order valence-electron chi connectivity index (χ2n) is 4.61. The lowest BCUT2D eigenvalue weighted by Crippen LogP contribution is -2.43. The molecule has 15 heavy (non-hydrogen) atoms. The Hall–Kier alpha value is -0.126. The van der Waals surface area contributed by atoms with Crippen molar-refractivity contribution >= 4 is 16.6 Å². The predicted octanol–water partition coefficient (Wildman–Crippen LogP) is 5.06. The molecular weight excluding hydrogens is 216 g/mol. The van der Waals surface area contributed by atoms with Gasteiger partial charge < -0.3 is 4.12 Å². The van der Waals surface area contributed by atoms with Crippen molar-refractivity contribution < 1.29 is 4.12 Å². The van der Waals surface area contributed by atoms with Gasteiger partial charge in [0.1, 0.15) is 0 Å². The van der Waals surface area contributed by atoms with E-state index in [0.717, 1.165) is 12.1 Å². The SMILES string of the molecule is C.C.C=CC[Si](C)(C)O[Si](C)(C)CC=C. The van der Waals surface area contributed by atoms with Crippen LogP contribution < -0.4 is 0 Å². The second kappa shape index (κ2) is 8.08. The molecule has 0 aromatic carbocycles. The highest BCUT2D eigenvalue weighted by Gasteiger charge is 2.30. The van der Waals surface area contributed by atoms with Crippen LogP contribution in [0.1, 0.15) is 14.9 Å². The third kappa shape index (κ3) is 10.2. The lowest BCUT2D eigenvalue weighted by molar-refractivity contribution is 0.548. The standard InChI is InChI=1S/C10H22OSi2.2CH4/c1-7-9-12(3,4)11-13(5,6)10-8-2;;/h7-8H,1-2,9-10H2,3-6H3;2*1H4. The minimum atomic E-state index is -1.48. The highest BCUT2D eigenvalue weighted by atomic mass is 28.4. The van der Waals surface area contributed by atoms with E-state index in [1.165, 1.54) is 0 Å². The fraction of sp³-hybridized carbons (Fsp3) is 0.667. The first-order chi connectivity index (χ1) is 5.83. The van der Waals surface area contributed by atoms with Gasteiger partial charge in [0.25, 0.3) is 0 Å². The van der Waals surface area contributed by atoms with Crippen LogP contribution in [-0.2, 0) is 4.12 Å². The van der Waals surface area contributed by atoms with Gasteiger partial charge in [0, 0.05) is 0 Å². The largest absolute Gasteiger partial charge is 0.455 e. The van der Waals surface area contributed by atoms with Crippen LogP contribution >= 0.6 is 0 Å². The van der Waals surface area contributed by atoms with Gasteiger partial charge in [-0.3, -0.25) is 0 Å². The Morgan fingerprint density at radius 2 is 1.13 bits per heavy atom. The van der Waals surface area contributed by atoms with E-state index < -0.39 is 16.6 Å². The molecule has 0 aliphatic carbocycles. The topological polar surface area (TPSA) is 9.23 Å². The van der Waals surface area contributed by atoms with Crippen LogP contribution in [0.2, 0.25) is 38.3 Å². The normalized spacial score (nSPS) is 10.9. The summed E-state index contributed by atoms with van der Waals surface area (Å²) in [4.78, 5) is 0. The Bertz CT molecular complexity index is 166. The first-order valence-electron chi connectivity index (χ1n) is 4.75. The molecule has 0 heterocycles. The molecule has 0 aromatic heterocycles. The van der Waals surface area contributed by atoms with E-state index >= 15 is 0 Å². The fourth-order valence-corrected chi connectivity index (χ4v) is 9.57. The summed E-state index contributed by atoms with van der Waals surface area (Å²) >= 11 is 0. The average molecular weight is 247 g/mol. The Labute approximate surface area is 99.5 Å². The minimum absolute atomic E-state index is 0. The first kappa shape index (κ1) is 20.3. The van der Waals surface area contributed by atoms with E-state index in [1.54, 1.807) is 0 Å². The fourth-order valence-electron chi connectivity index (χ4n) is 1.53. The minimum Gasteiger partial charge on any atom is -0.455 e. The van der Waals surface area contributed by atoms with Crippen LogP contribution in [0.3, 0.4) is 0 Å². The summed E-state index contributed by atoms with van der Waals surface area (Å²) in [7, 11) is -2.96. The van der Waals surface area contributed by atoms with Crippen molar-refractivity contribution in [1.29, 1.82) is 0 Å². The zero-order chi connectivity index (χ0) is 10.5. The molecule has 0 N–H and O–H groups in total. The first-order valence-corrected chi connectivity index (χ1v) is 11.0. The molecule has 3 heteroatoms. The molecule has 0 saturated heterocycles. The summed E-state index contributed by atoms with van der Waals surface area (Å²) in [5, 5.41) is 0. The number of rotatable bonds is 6. The maximum atomic E-state index is 6.24. The molecule has 0 aliphatic rings. The Kier molecular flexibility index (Phi) is 10.9. The number of hydrogen-bond donors (Lipinski definition) is 0. The van der Waals surface area contributed by atoms with Crippen LogP contribution in [0.25, 0.3) is 0 Å². The monoisotopic (exact) mass is 246 g/mol. The molecule has 92 valence electrons. The van der Waals surface area contributed by atoms with Crippen LogP contribution in [-0.4, -0.2) is 16.6 Å². The molecule has 0 atom stereocenters. The van der Waals surface area contributed by atoms with Crippen LogP contribution in [0, 0.1) is 0 Å². The van der Waals surface area contributed by atoms with Crippen LogP contribution in [0.5, 0.6) is 0 Å². The Morgan fingerprint density at radius 1 is 0.867 bits per heavy atom. The maximum absolute atomic E-state index is 6.24. The molecule has 0 radical (unpaired) electrons. The van der Waals surface area contributed by atoms with Crippen molar-refractivity contribution in [2.75, 3.05) is 0 Å². The van der Waals surface area contributed by atoms with Crippen molar-refractivity contribution in [3.63, 3.8) is 0 Å². The van der Waals surface area contributed by atoms with E-state index in [-0.39, 0.29) is 14.9 Å². The quantitative estimate of drug-likeness (QED) is 0.470. The van der Waals surface area contributed by atoms with Gasteiger partial charge in [-0.25, -0.2) is 0 Å². The van der Waals surface area contributed by atoms with E-state index in [9.17, 15) is 0 Å². The van der Waals surface area contributed by atoms with Crippen molar-refractivity contribution in [2.24, 2.45) is 0 Å². The Balaban J connectivity index is -0.000000720. The smallest absolute Gasteiger partial charge is 0.177 e. The summed E-state index contributed by atoms with van der Waals surface area (Å²) in [5.41, 5.74) is 0. The molecule has 1 nitrogen and oxygen atoms in total. The lowest BCUT2D eigenvalue weighted by Gasteiger charge is -2.32. The molecule has 0 rings (SSSR count). The number of hydrogen-bond acceptors (Lipinski definition) is 1. The highest BCUT2D eigenvalue weighted by Crippen LogP contribution is 2.21. The zero-order valence-electron chi connectivity index (χ0n) is 9.39. The van der Waals surface area contributed by atoms with E-state index in [1.807, 2.05) is 12.2 Å². The average Bonchev–Trinajstić information content (AvgIpc) is 1.82. The van der Waals surface area contributed by atoms with E-state index in [2.05, 4.69) is 39.3 Å². The van der Waals surface area contributed by atoms with Gasteiger partial charge in [-0.15, -0.1) is 13.2 Å². The molecule has 0 unspecified atom stereocenters. The van der Waals surface area contributed by atoms with Gasteiger partial charge in [0.2, 0.25) is 0 Å². The predicted molar refractivity (Wildman–Crippen MR) is 79.5 cm³/mol. The molecule has 0 amide bonds.